The van der Waals surface area contributed by atoms with Crippen LogP contribution >= 0.6 is 0 Å². The second-order valence-electron chi connectivity index (χ2n) is 8.91. The topological polar surface area (TPSA) is 52.6 Å². The first-order chi connectivity index (χ1) is 12.1. The van der Waals surface area contributed by atoms with Gasteiger partial charge in [-0.3, -0.25) is 4.79 Å². The minimum absolute atomic E-state index is 0.00528. The molecule has 26 heavy (non-hydrogen) atoms. The van der Waals surface area contributed by atoms with Crippen LogP contribution in [0.2, 0.25) is 0 Å². The highest BCUT2D eigenvalue weighted by Crippen LogP contribution is 2.61. The molecule has 1 aliphatic heterocycles. The predicted octanol–water partition coefficient (Wildman–Crippen LogP) is 4.71. The van der Waals surface area contributed by atoms with Gasteiger partial charge in [-0.25, -0.2) is 4.79 Å². The van der Waals surface area contributed by atoms with Gasteiger partial charge in [0.1, 0.15) is 11.9 Å². The molecule has 1 aromatic carbocycles. The highest BCUT2D eigenvalue weighted by Gasteiger charge is 2.54. The van der Waals surface area contributed by atoms with Gasteiger partial charge in [-0.15, -0.1) is 0 Å². The van der Waals surface area contributed by atoms with Crippen LogP contribution in [0.3, 0.4) is 0 Å². The molecule has 0 N–H and O–H groups in total. The standard InChI is InChI=1S/C22H26O4/c1-12-18-15(26-20(12)24)8-7-14-19(18)16(25-13(2)23)11-17-21(3,4)9-6-10-22(14,17)5/h7-8,16-17H,1,6,9-11H2,2-5H3/t16-,17?,22+/m0/s1. The van der Waals surface area contributed by atoms with Crippen LogP contribution in [-0.4, -0.2) is 11.9 Å². The van der Waals surface area contributed by atoms with Gasteiger partial charge in [0.25, 0.3) is 0 Å². The molecule has 1 aromatic rings. The largest absolute Gasteiger partial charge is 0.458 e. The zero-order chi connectivity index (χ0) is 18.9. The zero-order valence-corrected chi connectivity index (χ0v) is 16.0. The number of carbonyl (C=O) groups is 2. The Morgan fingerprint density at radius 2 is 2.00 bits per heavy atom. The Labute approximate surface area is 154 Å². The molecular formula is C22H26O4. The third-order valence-electron chi connectivity index (χ3n) is 6.88. The molecule has 0 saturated heterocycles. The van der Waals surface area contributed by atoms with Gasteiger partial charge in [0.15, 0.2) is 0 Å². The highest BCUT2D eigenvalue weighted by molar-refractivity contribution is 6.21. The van der Waals surface area contributed by atoms with Crippen LogP contribution in [-0.2, 0) is 19.7 Å². The van der Waals surface area contributed by atoms with Crippen LogP contribution in [0.15, 0.2) is 18.7 Å². The molecule has 1 saturated carbocycles. The fraction of sp³-hybridized carbons (Fsp3) is 0.545. The Morgan fingerprint density at radius 1 is 1.27 bits per heavy atom. The first-order valence-corrected chi connectivity index (χ1v) is 9.41. The fourth-order valence-electron chi connectivity index (χ4n) is 5.75. The summed E-state index contributed by atoms with van der Waals surface area (Å²) >= 11 is 0. The minimum atomic E-state index is -0.411. The second kappa shape index (κ2) is 5.45. The van der Waals surface area contributed by atoms with Gasteiger partial charge in [-0.2, -0.15) is 0 Å². The first-order valence-electron chi connectivity index (χ1n) is 9.41. The number of rotatable bonds is 1. The van der Waals surface area contributed by atoms with Crippen LogP contribution < -0.4 is 4.74 Å². The maximum absolute atomic E-state index is 12.1. The molecule has 0 radical (unpaired) electrons. The summed E-state index contributed by atoms with van der Waals surface area (Å²) in [7, 11) is 0. The molecule has 2 aliphatic carbocycles. The summed E-state index contributed by atoms with van der Waals surface area (Å²) in [5.74, 6) is 0.232. The van der Waals surface area contributed by atoms with Crippen LogP contribution in [0.25, 0.3) is 5.57 Å². The van der Waals surface area contributed by atoms with Crippen LogP contribution in [0.4, 0.5) is 0 Å². The van der Waals surface area contributed by atoms with E-state index in [9.17, 15) is 9.59 Å². The van der Waals surface area contributed by atoms with E-state index in [1.54, 1.807) is 0 Å². The number of ether oxygens (including phenoxy) is 2. The van der Waals surface area contributed by atoms with Crippen molar-refractivity contribution in [1.82, 2.24) is 0 Å². The number of hydrogen-bond acceptors (Lipinski definition) is 4. The number of hydrogen-bond donors (Lipinski definition) is 0. The Bertz CT molecular complexity index is 835. The molecule has 138 valence electrons. The number of fused-ring (bicyclic) bond motifs is 5. The van der Waals surface area contributed by atoms with E-state index in [1.807, 2.05) is 6.07 Å². The highest BCUT2D eigenvalue weighted by atomic mass is 16.5. The van der Waals surface area contributed by atoms with Gasteiger partial charge in [0, 0.05) is 18.1 Å². The van der Waals surface area contributed by atoms with Crippen molar-refractivity contribution in [1.29, 1.82) is 0 Å². The average Bonchev–Trinajstić information content (AvgIpc) is 2.83. The number of benzene rings is 1. The van der Waals surface area contributed by atoms with Gasteiger partial charge in [0.2, 0.25) is 0 Å². The molecule has 4 heteroatoms. The molecule has 4 rings (SSSR count). The third-order valence-corrected chi connectivity index (χ3v) is 6.88. The molecule has 1 unspecified atom stereocenters. The molecule has 3 aliphatic rings. The van der Waals surface area contributed by atoms with Crippen molar-refractivity contribution in [3.63, 3.8) is 0 Å². The van der Waals surface area contributed by atoms with Gasteiger partial charge in [0.05, 0.1) is 5.57 Å². The normalized spacial score (nSPS) is 31.5. The lowest BCUT2D eigenvalue weighted by atomic mass is 9.49. The maximum Gasteiger partial charge on any atom is 0.343 e. The number of carbonyl (C=O) groups excluding carboxylic acids is 2. The van der Waals surface area contributed by atoms with Crippen molar-refractivity contribution in [3.8, 4) is 5.75 Å². The summed E-state index contributed by atoms with van der Waals surface area (Å²) < 4.78 is 11.1. The van der Waals surface area contributed by atoms with Crippen molar-refractivity contribution in [3.05, 3.63) is 35.4 Å². The number of esters is 2. The lowest BCUT2D eigenvalue weighted by molar-refractivity contribution is -0.150. The van der Waals surface area contributed by atoms with Crippen LogP contribution in [0, 0.1) is 11.3 Å². The van der Waals surface area contributed by atoms with Crippen LogP contribution in [0.5, 0.6) is 5.75 Å². The average molecular weight is 354 g/mol. The van der Waals surface area contributed by atoms with Crippen molar-refractivity contribution in [2.75, 3.05) is 0 Å². The molecular weight excluding hydrogens is 328 g/mol. The molecule has 1 fully saturated rings. The maximum atomic E-state index is 12.1. The fourth-order valence-corrected chi connectivity index (χ4v) is 5.75. The molecule has 1 heterocycles. The Morgan fingerprint density at radius 3 is 2.69 bits per heavy atom. The summed E-state index contributed by atoms with van der Waals surface area (Å²) in [4.78, 5) is 23.9. The van der Waals surface area contributed by atoms with Gasteiger partial charge >= 0.3 is 11.9 Å². The van der Waals surface area contributed by atoms with E-state index >= 15 is 0 Å². The lowest BCUT2D eigenvalue weighted by Crippen LogP contribution is -2.49. The van der Waals surface area contributed by atoms with Gasteiger partial charge in [-0.1, -0.05) is 39.8 Å². The summed E-state index contributed by atoms with van der Waals surface area (Å²) in [6, 6.07) is 3.95. The SMILES string of the molecule is C=C1C(=O)Oc2ccc3c(c21)[C@@H](OC(C)=O)CC1C(C)(C)CCC[C@]31C. The van der Waals surface area contributed by atoms with E-state index in [4.69, 9.17) is 9.47 Å². The Hall–Kier alpha value is -2.10. The third kappa shape index (κ3) is 2.27. The zero-order valence-electron chi connectivity index (χ0n) is 16.0. The quantitative estimate of drug-likeness (QED) is 0.416. The van der Waals surface area contributed by atoms with Gasteiger partial charge in [-0.05, 0) is 47.6 Å². The molecule has 0 bridgehead atoms. The molecule has 0 amide bonds. The predicted molar refractivity (Wildman–Crippen MR) is 98.7 cm³/mol. The summed E-state index contributed by atoms with van der Waals surface area (Å²) in [5, 5.41) is 0. The van der Waals surface area contributed by atoms with Crippen molar-refractivity contribution in [2.45, 2.75) is 64.9 Å². The Balaban J connectivity index is 1.96. The molecule has 3 atom stereocenters. The minimum Gasteiger partial charge on any atom is -0.458 e. The Kier molecular flexibility index (Phi) is 3.63. The van der Waals surface area contributed by atoms with E-state index in [0.29, 0.717) is 17.2 Å². The van der Waals surface area contributed by atoms with E-state index in [2.05, 4.69) is 33.4 Å². The summed E-state index contributed by atoms with van der Waals surface area (Å²) in [6.07, 6.45) is 3.86. The van der Waals surface area contributed by atoms with E-state index in [-0.39, 0.29) is 22.9 Å². The van der Waals surface area contributed by atoms with Crippen LogP contribution in [0.1, 0.15) is 76.2 Å². The molecule has 4 nitrogen and oxygen atoms in total. The van der Waals surface area contributed by atoms with Crippen molar-refractivity contribution in [2.24, 2.45) is 11.3 Å². The van der Waals surface area contributed by atoms with E-state index in [1.165, 1.54) is 25.3 Å². The summed E-state index contributed by atoms with van der Waals surface area (Å²) in [5.41, 5.74) is 3.39. The van der Waals surface area contributed by atoms with Gasteiger partial charge < -0.3 is 9.47 Å². The molecule has 0 spiro atoms. The van der Waals surface area contributed by atoms with Crippen molar-refractivity contribution >= 4 is 17.5 Å². The monoisotopic (exact) mass is 354 g/mol. The summed E-state index contributed by atoms with van der Waals surface area (Å²) in [6.45, 7) is 12.4. The first kappa shape index (κ1) is 17.3. The van der Waals surface area contributed by atoms with E-state index < -0.39 is 5.97 Å². The smallest absolute Gasteiger partial charge is 0.343 e. The second-order valence-corrected chi connectivity index (χ2v) is 8.91. The van der Waals surface area contributed by atoms with Crippen molar-refractivity contribution < 1.29 is 19.1 Å². The molecule has 0 aromatic heterocycles. The lowest BCUT2D eigenvalue weighted by Gasteiger charge is -2.55. The van der Waals surface area contributed by atoms with E-state index in [0.717, 1.165) is 24.0 Å².